The van der Waals surface area contributed by atoms with E-state index < -0.39 is 10.0 Å². The molecule has 0 spiro atoms. The SMILES string of the molecule is CCOc1ccc(CN(C)S(=O)(=O)CC(C)CCl)cc1. The highest BCUT2D eigenvalue weighted by molar-refractivity contribution is 7.89. The first-order chi connectivity index (χ1) is 9.39. The zero-order valence-corrected chi connectivity index (χ0v) is 13.7. The molecule has 1 unspecified atom stereocenters. The molecule has 114 valence electrons. The first kappa shape index (κ1) is 17.3. The number of rotatable bonds is 8. The molecule has 0 bridgehead atoms. The van der Waals surface area contributed by atoms with Crippen LogP contribution in [0.3, 0.4) is 0 Å². The second-order valence-electron chi connectivity index (χ2n) is 4.87. The van der Waals surface area contributed by atoms with Crippen LogP contribution in [0.1, 0.15) is 19.4 Å². The van der Waals surface area contributed by atoms with Crippen LogP contribution in [0.25, 0.3) is 0 Å². The van der Waals surface area contributed by atoms with Gasteiger partial charge in [0.1, 0.15) is 5.75 Å². The Labute approximate surface area is 126 Å². The molecule has 1 aromatic carbocycles. The maximum atomic E-state index is 12.1. The van der Waals surface area contributed by atoms with Crippen molar-refractivity contribution >= 4 is 21.6 Å². The van der Waals surface area contributed by atoms with E-state index in [4.69, 9.17) is 16.3 Å². The van der Waals surface area contributed by atoms with Gasteiger partial charge in [0.25, 0.3) is 0 Å². The van der Waals surface area contributed by atoms with Gasteiger partial charge in [-0.15, -0.1) is 11.6 Å². The third-order valence-electron chi connectivity index (χ3n) is 2.87. The van der Waals surface area contributed by atoms with Crippen LogP contribution in [0.2, 0.25) is 0 Å². The molecule has 1 atom stereocenters. The van der Waals surface area contributed by atoms with Gasteiger partial charge in [-0.2, -0.15) is 0 Å². The summed E-state index contributed by atoms with van der Waals surface area (Å²) in [6.45, 7) is 4.72. The van der Waals surface area contributed by atoms with Gasteiger partial charge >= 0.3 is 0 Å². The van der Waals surface area contributed by atoms with Crippen molar-refractivity contribution in [1.82, 2.24) is 4.31 Å². The fourth-order valence-corrected chi connectivity index (χ4v) is 3.42. The summed E-state index contributed by atoms with van der Waals surface area (Å²) in [4.78, 5) is 0. The molecular weight excluding hydrogens is 298 g/mol. The minimum absolute atomic E-state index is 0.0514. The maximum absolute atomic E-state index is 12.1. The lowest BCUT2D eigenvalue weighted by Gasteiger charge is -2.19. The summed E-state index contributed by atoms with van der Waals surface area (Å²) in [6, 6.07) is 7.45. The summed E-state index contributed by atoms with van der Waals surface area (Å²) >= 11 is 5.67. The lowest BCUT2D eigenvalue weighted by Crippen LogP contribution is -2.31. The van der Waals surface area contributed by atoms with Gasteiger partial charge in [0, 0.05) is 19.5 Å². The number of ether oxygens (including phenoxy) is 1. The van der Waals surface area contributed by atoms with Crippen LogP contribution in [-0.4, -0.2) is 38.0 Å². The second-order valence-corrected chi connectivity index (χ2v) is 7.30. The second kappa shape index (κ2) is 7.86. The summed E-state index contributed by atoms with van der Waals surface area (Å²) in [5.41, 5.74) is 0.929. The van der Waals surface area contributed by atoms with E-state index in [0.29, 0.717) is 19.0 Å². The van der Waals surface area contributed by atoms with Crippen LogP contribution in [0.5, 0.6) is 5.75 Å². The van der Waals surface area contributed by atoms with Crippen molar-refractivity contribution in [2.45, 2.75) is 20.4 Å². The fourth-order valence-electron chi connectivity index (χ4n) is 1.74. The van der Waals surface area contributed by atoms with Gasteiger partial charge in [0.05, 0.1) is 12.4 Å². The molecule has 0 heterocycles. The van der Waals surface area contributed by atoms with Crippen molar-refractivity contribution in [2.24, 2.45) is 5.92 Å². The Morgan fingerprint density at radius 2 is 1.90 bits per heavy atom. The number of nitrogens with zero attached hydrogens (tertiary/aromatic N) is 1. The average Bonchev–Trinajstić information content (AvgIpc) is 2.40. The third kappa shape index (κ3) is 5.31. The van der Waals surface area contributed by atoms with E-state index >= 15 is 0 Å². The number of benzene rings is 1. The summed E-state index contributed by atoms with van der Waals surface area (Å²) in [5.74, 6) is 1.15. The Kier molecular flexibility index (Phi) is 6.79. The normalized spacial score (nSPS) is 13.4. The fraction of sp³-hybridized carbons (Fsp3) is 0.571. The Morgan fingerprint density at radius 3 is 2.40 bits per heavy atom. The summed E-state index contributed by atoms with van der Waals surface area (Å²) < 4.78 is 31.0. The van der Waals surface area contributed by atoms with Crippen molar-refractivity contribution in [1.29, 1.82) is 0 Å². The number of alkyl halides is 1. The summed E-state index contributed by atoms with van der Waals surface area (Å²) in [6.07, 6.45) is 0. The van der Waals surface area contributed by atoms with Gasteiger partial charge in [0.2, 0.25) is 10.0 Å². The molecule has 0 fully saturated rings. The van der Waals surface area contributed by atoms with Crippen LogP contribution >= 0.6 is 11.6 Å². The number of hydrogen-bond donors (Lipinski definition) is 0. The molecule has 0 aliphatic rings. The molecule has 4 nitrogen and oxygen atoms in total. The Hall–Kier alpha value is -0.780. The van der Waals surface area contributed by atoms with Gasteiger partial charge in [0.15, 0.2) is 0 Å². The van der Waals surface area contributed by atoms with Crippen LogP contribution in [0.15, 0.2) is 24.3 Å². The summed E-state index contributed by atoms with van der Waals surface area (Å²) in [5, 5.41) is 0. The van der Waals surface area contributed by atoms with E-state index in [1.807, 2.05) is 38.1 Å². The van der Waals surface area contributed by atoms with E-state index in [1.165, 1.54) is 4.31 Å². The van der Waals surface area contributed by atoms with Crippen molar-refractivity contribution < 1.29 is 13.2 Å². The van der Waals surface area contributed by atoms with Crippen LogP contribution in [0.4, 0.5) is 0 Å². The molecule has 0 saturated heterocycles. The number of halogens is 1. The topological polar surface area (TPSA) is 46.6 Å². The molecule has 0 N–H and O–H groups in total. The highest BCUT2D eigenvalue weighted by atomic mass is 35.5. The highest BCUT2D eigenvalue weighted by Gasteiger charge is 2.20. The molecule has 0 aliphatic carbocycles. The Balaban J connectivity index is 2.67. The Morgan fingerprint density at radius 1 is 1.30 bits per heavy atom. The molecule has 1 rings (SSSR count). The molecule has 1 aromatic rings. The monoisotopic (exact) mass is 319 g/mol. The largest absolute Gasteiger partial charge is 0.494 e. The van der Waals surface area contributed by atoms with Crippen molar-refractivity contribution in [2.75, 3.05) is 25.3 Å². The van der Waals surface area contributed by atoms with E-state index in [9.17, 15) is 8.42 Å². The van der Waals surface area contributed by atoms with Gasteiger partial charge in [-0.3, -0.25) is 0 Å². The predicted octanol–water partition coefficient (Wildman–Crippen LogP) is 2.72. The molecule has 0 saturated carbocycles. The summed E-state index contributed by atoms with van der Waals surface area (Å²) in [7, 11) is -1.68. The van der Waals surface area contributed by atoms with Gasteiger partial charge in [-0.25, -0.2) is 12.7 Å². The van der Waals surface area contributed by atoms with E-state index in [0.717, 1.165) is 11.3 Å². The van der Waals surface area contributed by atoms with Gasteiger partial charge in [-0.1, -0.05) is 19.1 Å². The zero-order chi connectivity index (χ0) is 15.2. The van der Waals surface area contributed by atoms with E-state index in [1.54, 1.807) is 7.05 Å². The number of hydrogen-bond acceptors (Lipinski definition) is 3. The van der Waals surface area contributed by atoms with E-state index in [2.05, 4.69) is 0 Å². The van der Waals surface area contributed by atoms with Crippen LogP contribution in [-0.2, 0) is 16.6 Å². The van der Waals surface area contributed by atoms with Gasteiger partial charge in [-0.05, 0) is 30.5 Å². The molecule has 0 aliphatic heterocycles. The van der Waals surface area contributed by atoms with E-state index in [-0.39, 0.29) is 11.7 Å². The van der Waals surface area contributed by atoms with Crippen molar-refractivity contribution in [3.05, 3.63) is 29.8 Å². The minimum atomic E-state index is -3.27. The van der Waals surface area contributed by atoms with Crippen LogP contribution in [0, 0.1) is 5.92 Å². The first-order valence-electron chi connectivity index (χ1n) is 6.60. The molecular formula is C14H22ClNO3S. The predicted molar refractivity (Wildman–Crippen MR) is 82.7 cm³/mol. The maximum Gasteiger partial charge on any atom is 0.214 e. The minimum Gasteiger partial charge on any atom is -0.494 e. The standard InChI is InChI=1S/C14H22ClNO3S/c1-4-19-14-7-5-13(6-8-14)10-16(3)20(17,18)11-12(2)9-15/h5-8,12H,4,9-11H2,1-3H3. The molecule has 20 heavy (non-hydrogen) atoms. The lowest BCUT2D eigenvalue weighted by atomic mass is 10.2. The molecule has 0 aromatic heterocycles. The van der Waals surface area contributed by atoms with Gasteiger partial charge < -0.3 is 4.74 Å². The number of sulfonamides is 1. The zero-order valence-electron chi connectivity index (χ0n) is 12.2. The van der Waals surface area contributed by atoms with Crippen LogP contribution < -0.4 is 4.74 Å². The molecule has 6 heteroatoms. The highest BCUT2D eigenvalue weighted by Crippen LogP contribution is 2.15. The smallest absolute Gasteiger partial charge is 0.214 e. The third-order valence-corrected chi connectivity index (χ3v) is 5.47. The lowest BCUT2D eigenvalue weighted by molar-refractivity contribution is 0.340. The average molecular weight is 320 g/mol. The van der Waals surface area contributed by atoms with Crippen molar-refractivity contribution in [3.63, 3.8) is 0 Å². The molecule has 0 amide bonds. The quantitative estimate of drug-likeness (QED) is 0.692. The Bertz CT molecular complexity index is 502. The first-order valence-corrected chi connectivity index (χ1v) is 8.75. The molecule has 0 radical (unpaired) electrons. The van der Waals surface area contributed by atoms with Crippen molar-refractivity contribution in [3.8, 4) is 5.75 Å².